The van der Waals surface area contributed by atoms with Gasteiger partial charge in [-0.15, -0.1) is 12.4 Å². The van der Waals surface area contributed by atoms with Crippen LogP contribution in [0.4, 0.5) is 4.39 Å². The Bertz CT molecular complexity index is 616. The molecule has 0 aliphatic carbocycles. The number of hydrogen-bond donors (Lipinski definition) is 1. The molecule has 1 aliphatic rings. The molecule has 1 fully saturated rings. The fraction of sp³-hybridized carbons (Fsp3) is 0.438. The van der Waals surface area contributed by atoms with Crippen LogP contribution >= 0.6 is 12.4 Å². The summed E-state index contributed by atoms with van der Waals surface area (Å²) in [7, 11) is 0. The average molecular weight is 326 g/mol. The van der Waals surface area contributed by atoms with Crippen LogP contribution in [0.5, 0.6) is 0 Å². The van der Waals surface area contributed by atoms with Gasteiger partial charge in [0.25, 0.3) is 0 Å². The predicted octanol–water partition coefficient (Wildman–Crippen LogP) is 3.07. The highest BCUT2D eigenvalue weighted by atomic mass is 35.5. The summed E-state index contributed by atoms with van der Waals surface area (Å²) in [5, 5.41) is 4.07. The number of likely N-dealkylation sites (tertiary alicyclic amines) is 1. The van der Waals surface area contributed by atoms with Crippen LogP contribution in [0.3, 0.4) is 0 Å². The Morgan fingerprint density at radius 3 is 2.73 bits per heavy atom. The lowest BCUT2D eigenvalue weighted by Gasteiger charge is -2.21. The highest BCUT2D eigenvalue weighted by Gasteiger charge is 2.32. The summed E-state index contributed by atoms with van der Waals surface area (Å²) in [6.07, 6.45) is 1.11. The van der Waals surface area contributed by atoms with E-state index in [1.165, 1.54) is 12.1 Å². The smallest absolute Gasteiger partial charge is 0.151 e. The summed E-state index contributed by atoms with van der Waals surface area (Å²) in [5.74, 6) is 0.580. The summed E-state index contributed by atoms with van der Waals surface area (Å²) < 4.78 is 18.3. The summed E-state index contributed by atoms with van der Waals surface area (Å²) in [6, 6.07) is 8.19. The highest BCUT2D eigenvalue weighted by Crippen LogP contribution is 2.30. The molecule has 1 unspecified atom stereocenters. The third-order valence-corrected chi connectivity index (χ3v) is 4.21. The van der Waals surface area contributed by atoms with Crippen LogP contribution in [0.2, 0.25) is 0 Å². The van der Waals surface area contributed by atoms with Crippen molar-refractivity contribution in [2.75, 3.05) is 19.6 Å². The van der Waals surface area contributed by atoms with Crippen molar-refractivity contribution in [3.8, 4) is 11.3 Å². The number of benzene rings is 1. The predicted molar refractivity (Wildman–Crippen MR) is 86.2 cm³/mol. The van der Waals surface area contributed by atoms with E-state index in [4.69, 9.17) is 10.3 Å². The molecule has 1 saturated heterocycles. The van der Waals surface area contributed by atoms with E-state index in [1.54, 1.807) is 12.1 Å². The Morgan fingerprint density at radius 2 is 2.09 bits per heavy atom. The van der Waals surface area contributed by atoms with Crippen LogP contribution in [0.15, 0.2) is 34.9 Å². The number of nitrogens with zero attached hydrogens (tertiary/aromatic N) is 2. The van der Waals surface area contributed by atoms with E-state index in [0.717, 1.165) is 43.1 Å². The Morgan fingerprint density at radius 1 is 1.36 bits per heavy atom. The maximum Gasteiger partial charge on any atom is 0.151 e. The molecule has 1 aromatic carbocycles. The van der Waals surface area contributed by atoms with Gasteiger partial charge >= 0.3 is 0 Å². The molecular formula is C16H21ClFN3O. The minimum atomic E-state index is -0.249. The van der Waals surface area contributed by atoms with Crippen molar-refractivity contribution < 1.29 is 8.91 Å². The zero-order chi connectivity index (χ0) is 14.9. The van der Waals surface area contributed by atoms with Crippen LogP contribution in [-0.2, 0) is 6.54 Å². The van der Waals surface area contributed by atoms with Crippen molar-refractivity contribution in [1.82, 2.24) is 10.1 Å². The fourth-order valence-electron chi connectivity index (χ4n) is 2.79. The van der Waals surface area contributed by atoms with Gasteiger partial charge in [-0.05, 0) is 49.2 Å². The van der Waals surface area contributed by atoms with E-state index in [9.17, 15) is 4.39 Å². The zero-order valence-corrected chi connectivity index (χ0v) is 13.4. The Kier molecular flexibility index (Phi) is 5.21. The third-order valence-electron chi connectivity index (χ3n) is 4.21. The van der Waals surface area contributed by atoms with E-state index in [-0.39, 0.29) is 23.6 Å². The summed E-state index contributed by atoms with van der Waals surface area (Å²) in [5.41, 5.74) is 7.63. The van der Waals surface area contributed by atoms with Crippen molar-refractivity contribution in [2.24, 2.45) is 11.1 Å². The second-order valence-corrected chi connectivity index (χ2v) is 6.16. The number of nitrogens with two attached hydrogens (primary N) is 1. The minimum Gasteiger partial charge on any atom is -0.359 e. The summed E-state index contributed by atoms with van der Waals surface area (Å²) >= 11 is 0. The first kappa shape index (κ1) is 16.9. The molecule has 4 nitrogen and oxygen atoms in total. The monoisotopic (exact) mass is 325 g/mol. The van der Waals surface area contributed by atoms with E-state index < -0.39 is 0 Å². The number of aromatic nitrogens is 1. The van der Waals surface area contributed by atoms with Gasteiger partial charge in [-0.3, -0.25) is 4.90 Å². The van der Waals surface area contributed by atoms with E-state index in [0.29, 0.717) is 6.54 Å². The summed E-state index contributed by atoms with van der Waals surface area (Å²) in [6.45, 7) is 5.68. The van der Waals surface area contributed by atoms with Gasteiger partial charge in [-0.1, -0.05) is 12.1 Å². The quantitative estimate of drug-likeness (QED) is 0.938. The second kappa shape index (κ2) is 6.77. The van der Waals surface area contributed by atoms with Crippen molar-refractivity contribution in [1.29, 1.82) is 0 Å². The lowest BCUT2D eigenvalue weighted by molar-refractivity contribution is 0.243. The molecule has 22 heavy (non-hydrogen) atoms. The van der Waals surface area contributed by atoms with Crippen LogP contribution < -0.4 is 5.73 Å². The lowest BCUT2D eigenvalue weighted by atomic mass is 9.90. The third kappa shape index (κ3) is 3.66. The second-order valence-electron chi connectivity index (χ2n) is 6.16. The van der Waals surface area contributed by atoms with Gasteiger partial charge in [-0.25, -0.2) is 4.39 Å². The molecule has 1 atom stereocenters. The highest BCUT2D eigenvalue weighted by molar-refractivity contribution is 5.85. The molecule has 6 heteroatoms. The zero-order valence-electron chi connectivity index (χ0n) is 12.6. The molecule has 0 saturated carbocycles. The number of rotatable bonds is 4. The normalized spacial score (nSPS) is 21.8. The first-order valence-electron chi connectivity index (χ1n) is 7.22. The molecule has 1 aliphatic heterocycles. The molecular weight excluding hydrogens is 305 g/mol. The van der Waals surface area contributed by atoms with Crippen molar-refractivity contribution in [3.63, 3.8) is 0 Å². The van der Waals surface area contributed by atoms with E-state index in [2.05, 4.69) is 17.0 Å². The van der Waals surface area contributed by atoms with Gasteiger partial charge in [0, 0.05) is 18.2 Å². The van der Waals surface area contributed by atoms with Gasteiger partial charge in [0.15, 0.2) is 5.76 Å². The van der Waals surface area contributed by atoms with Crippen LogP contribution in [0.1, 0.15) is 19.1 Å². The molecule has 1 aromatic heterocycles. The van der Waals surface area contributed by atoms with Crippen molar-refractivity contribution in [3.05, 3.63) is 41.9 Å². The van der Waals surface area contributed by atoms with Crippen LogP contribution in [0.25, 0.3) is 11.3 Å². The minimum absolute atomic E-state index is 0. The van der Waals surface area contributed by atoms with Gasteiger partial charge < -0.3 is 10.3 Å². The van der Waals surface area contributed by atoms with Crippen LogP contribution in [-0.4, -0.2) is 29.7 Å². The topological polar surface area (TPSA) is 55.3 Å². The Balaban J connectivity index is 0.00000176. The first-order chi connectivity index (χ1) is 10.1. The number of halogens is 2. The molecule has 2 N–H and O–H groups in total. The van der Waals surface area contributed by atoms with Crippen molar-refractivity contribution in [2.45, 2.75) is 19.9 Å². The Hall–Kier alpha value is -1.43. The van der Waals surface area contributed by atoms with Gasteiger partial charge in [0.1, 0.15) is 11.5 Å². The maximum absolute atomic E-state index is 12.9. The fourth-order valence-corrected chi connectivity index (χ4v) is 2.79. The van der Waals surface area contributed by atoms with E-state index in [1.807, 2.05) is 6.07 Å². The standard InChI is InChI=1S/C16H20FN3O.ClH/c1-16(10-18)6-7-20(11-16)9-14-8-15(19-21-14)12-2-4-13(17)5-3-12;/h2-5,8H,6-7,9-11,18H2,1H3;1H. The molecule has 0 spiro atoms. The van der Waals surface area contributed by atoms with Gasteiger partial charge in [0.2, 0.25) is 0 Å². The number of hydrogen-bond acceptors (Lipinski definition) is 4. The van der Waals surface area contributed by atoms with E-state index >= 15 is 0 Å². The molecule has 2 heterocycles. The lowest BCUT2D eigenvalue weighted by Crippen LogP contribution is -2.31. The molecule has 0 amide bonds. The van der Waals surface area contributed by atoms with Gasteiger partial charge in [0.05, 0.1) is 6.54 Å². The molecule has 2 aromatic rings. The maximum atomic E-state index is 12.9. The first-order valence-corrected chi connectivity index (χ1v) is 7.22. The molecule has 3 rings (SSSR count). The molecule has 0 bridgehead atoms. The molecule has 0 radical (unpaired) electrons. The van der Waals surface area contributed by atoms with Crippen LogP contribution in [0, 0.1) is 11.2 Å². The largest absolute Gasteiger partial charge is 0.359 e. The molecule has 120 valence electrons. The van der Waals surface area contributed by atoms with Gasteiger partial charge in [-0.2, -0.15) is 0 Å². The Labute approximate surface area is 135 Å². The average Bonchev–Trinajstić information content (AvgIpc) is 3.08. The SMILES string of the molecule is CC1(CN)CCN(Cc2cc(-c3ccc(F)cc3)no2)C1.Cl. The summed E-state index contributed by atoms with van der Waals surface area (Å²) in [4.78, 5) is 2.34. The van der Waals surface area contributed by atoms with Crippen molar-refractivity contribution >= 4 is 12.4 Å².